The van der Waals surface area contributed by atoms with Gasteiger partial charge in [-0.15, -0.1) is 0 Å². The van der Waals surface area contributed by atoms with E-state index in [0.717, 1.165) is 5.69 Å². The molecule has 0 saturated heterocycles. The van der Waals surface area contributed by atoms with Crippen molar-refractivity contribution >= 4 is 16.8 Å². The van der Waals surface area contributed by atoms with E-state index < -0.39 is 5.76 Å². The zero-order valence-corrected chi connectivity index (χ0v) is 12.0. The largest absolute Gasteiger partial charge is 0.417 e. The second-order valence-corrected chi connectivity index (χ2v) is 5.24. The van der Waals surface area contributed by atoms with E-state index in [-0.39, 0.29) is 12.0 Å². The fourth-order valence-corrected chi connectivity index (χ4v) is 2.01. The van der Waals surface area contributed by atoms with Crippen LogP contribution in [0.15, 0.2) is 31.9 Å². The maximum absolute atomic E-state index is 11.1. The van der Waals surface area contributed by atoms with Crippen molar-refractivity contribution in [3.63, 3.8) is 0 Å². The van der Waals surface area contributed by atoms with Gasteiger partial charge in [0, 0.05) is 11.6 Å². The van der Waals surface area contributed by atoms with Crippen LogP contribution in [0.1, 0.15) is 44.4 Å². The van der Waals surface area contributed by atoms with Crippen LogP contribution in [0.5, 0.6) is 0 Å². The van der Waals surface area contributed by atoms with Crippen LogP contribution in [0.2, 0.25) is 0 Å². The molecule has 2 N–H and O–H groups in total. The van der Waals surface area contributed by atoms with E-state index in [0.29, 0.717) is 22.8 Å². The zero-order chi connectivity index (χ0) is 15.0. The lowest BCUT2D eigenvalue weighted by Gasteiger charge is -2.10. The van der Waals surface area contributed by atoms with Crippen LogP contribution >= 0.6 is 0 Å². The van der Waals surface area contributed by atoms with Crippen LogP contribution in [0.25, 0.3) is 11.1 Å². The van der Waals surface area contributed by atoms with Gasteiger partial charge >= 0.3 is 5.76 Å². The van der Waals surface area contributed by atoms with Crippen LogP contribution < -0.4 is 11.1 Å². The highest BCUT2D eigenvalue weighted by molar-refractivity contribution is 5.76. The molecular formula is C14H16N4O3. The monoisotopic (exact) mass is 288 g/mol. The predicted octanol–water partition coefficient (Wildman–Crippen LogP) is 2.80. The lowest BCUT2D eigenvalue weighted by atomic mass is 10.2. The van der Waals surface area contributed by atoms with Crippen LogP contribution in [0.3, 0.4) is 0 Å². The molecular weight excluding hydrogens is 272 g/mol. The van der Waals surface area contributed by atoms with Crippen LogP contribution in [-0.2, 0) is 0 Å². The number of aromatic nitrogens is 3. The summed E-state index contributed by atoms with van der Waals surface area (Å²) in [4.78, 5) is 18.1. The average molecular weight is 288 g/mol. The highest BCUT2D eigenvalue weighted by Crippen LogP contribution is 2.22. The summed E-state index contributed by atoms with van der Waals surface area (Å²) >= 11 is 0. The standard InChI is InChI=1S/C14H16N4O3/c1-7(2)12-17-13(21-18-12)8(3)15-9-4-5-11-10(6-9)16-14(19)20-11/h4-8,15H,1-3H3,(H,16,19). The number of rotatable bonds is 4. The third-order valence-corrected chi connectivity index (χ3v) is 3.15. The first kappa shape index (κ1) is 13.4. The molecule has 0 aliphatic rings. The summed E-state index contributed by atoms with van der Waals surface area (Å²) in [5, 5.41) is 7.19. The SMILES string of the molecule is CC(C)c1noc(C(C)Nc2ccc3oc(=O)[nH]c3c2)n1. The summed E-state index contributed by atoms with van der Waals surface area (Å²) < 4.78 is 10.2. The molecule has 3 aromatic rings. The van der Waals surface area contributed by atoms with Gasteiger partial charge in [-0.1, -0.05) is 19.0 Å². The Bertz CT molecular complexity index is 815. The van der Waals surface area contributed by atoms with E-state index in [2.05, 4.69) is 20.4 Å². The Morgan fingerprint density at radius 2 is 2.10 bits per heavy atom. The molecule has 0 amide bonds. The number of hydrogen-bond acceptors (Lipinski definition) is 6. The molecule has 110 valence electrons. The molecule has 1 aromatic carbocycles. The Morgan fingerprint density at radius 3 is 2.81 bits per heavy atom. The quantitative estimate of drug-likeness (QED) is 0.766. The third-order valence-electron chi connectivity index (χ3n) is 3.15. The topological polar surface area (TPSA) is 97.0 Å². The van der Waals surface area contributed by atoms with Gasteiger partial charge in [-0.05, 0) is 25.1 Å². The van der Waals surface area contributed by atoms with Gasteiger partial charge in [0.2, 0.25) is 5.89 Å². The van der Waals surface area contributed by atoms with Crippen molar-refractivity contribution < 1.29 is 8.94 Å². The van der Waals surface area contributed by atoms with Gasteiger partial charge < -0.3 is 14.3 Å². The molecule has 21 heavy (non-hydrogen) atoms. The zero-order valence-electron chi connectivity index (χ0n) is 12.0. The van der Waals surface area contributed by atoms with E-state index >= 15 is 0 Å². The van der Waals surface area contributed by atoms with Crippen LogP contribution in [0, 0.1) is 0 Å². The first-order valence-electron chi connectivity index (χ1n) is 6.76. The van der Waals surface area contributed by atoms with Gasteiger partial charge in [-0.3, -0.25) is 4.98 Å². The summed E-state index contributed by atoms with van der Waals surface area (Å²) in [5.74, 6) is 0.975. The minimum atomic E-state index is -0.464. The maximum Gasteiger partial charge on any atom is 0.417 e. The summed E-state index contributed by atoms with van der Waals surface area (Å²) in [6.07, 6.45) is 0. The van der Waals surface area contributed by atoms with Gasteiger partial charge in [0.05, 0.1) is 5.52 Å². The van der Waals surface area contributed by atoms with Crippen molar-refractivity contribution in [1.82, 2.24) is 15.1 Å². The number of benzene rings is 1. The van der Waals surface area contributed by atoms with Crippen molar-refractivity contribution in [3.8, 4) is 0 Å². The minimum Gasteiger partial charge on any atom is -0.408 e. The fourth-order valence-electron chi connectivity index (χ4n) is 2.01. The van der Waals surface area contributed by atoms with Gasteiger partial charge in [-0.25, -0.2) is 4.79 Å². The normalized spacial score (nSPS) is 13.0. The Hall–Kier alpha value is -2.57. The number of nitrogens with zero attached hydrogens (tertiary/aromatic N) is 2. The third kappa shape index (κ3) is 2.67. The van der Waals surface area contributed by atoms with E-state index in [4.69, 9.17) is 8.94 Å². The molecule has 0 aliphatic carbocycles. The van der Waals surface area contributed by atoms with E-state index in [1.54, 1.807) is 12.1 Å². The number of oxazole rings is 1. The van der Waals surface area contributed by atoms with Gasteiger partial charge in [0.25, 0.3) is 0 Å². The average Bonchev–Trinajstić information content (AvgIpc) is 3.03. The molecule has 0 aliphatic heterocycles. The predicted molar refractivity (Wildman–Crippen MR) is 77.3 cm³/mol. The Labute approximate surface area is 120 Å². The Morgan fingerprint density at radius 1 is 1.29 bits per heavy atom. The summed E-state index contributed by atoms with van der Waals surface area (Å²) in [5.41, 5.74) is 2.00. The molecule has 2 aromatic heterocycles. The first-order chi connectivity index (χ1) is 10.0. The molecule has 0 fully saturated rings. The molecule has 3 rings (SSSR count). The summed E-state index contributed by atoms with van der Waals surface area (Å²) in [7, 11) is 0. The molecule has 7 nitrogen and oxygen atoms in total. The molecule has 2 heterocycles. The number of aromatic amines is 1. The Kier molecular flexibility index (Phi) is 3.25. The second kappa shape index (κ2) is 5.08. The van der Waals surface area contributed by atoms with E-state index in [1.165, 1.54) is 0 Å². The van der Waals surface area contributed by atoms with Crippen molar-refractivity contribution in [2.45, 2.75) is 32.7 Å². The van der Waals surface area contributed by atoms with Gasteiger partial charge in [0.15, 0.2) is 11.4 Å². The highest BCUT2D eigenvalue weighted by Gasteiger charge is 2.16. The number of fused-ring (bicyclic) bond motifs is 1. The molecule has 0 spiro atoms. The van der Waals surface area contributed by atoms with Crippen LogP contribution in [0.4, 0.5) is 5.69 Å². The maximum atomic E-state index is 11.1. The molecule has 1 unspecified atom stereocenters. The second-order valence-electron chi connectivity index (χ2n) is 5.24. The van der Waals surface area contributed by atoms with Crippen molar-refractivity contribution in [2.24, 2.45) is 0 Å². The Balaban J connectivity index is 1.81. The molecule has 0 saturated carbocycles. The lowest BCUT2D eigenvalue weighted by molar-refractivity contribution is 0.361. The smallest absolute Gasteiger partial charge is 0.408 e. The fraction of sp³-hybridized carbons (Fsp3) is 0.357. The molecule has 1 atom stereocenters. The highest BCUT2D eigenvalue weighted by atomic mass is 16.5. The summed E-state index contributed by atoms with van der Waals surface area (Å²) in [6, 6.07) is 5.22. The van der Waals surface area contributed by atoms with Gasteiger partial charge in [-0.2, -0.15) is 4.98 Å². The van der Waals surface area contributed by atoms with Crippen molar-refractivity contribution in [1.29, 1.82) is 0 Å². The van der Waals surface area contributed by atoms with Crippen molar-refractivity contribution in [3.05, 3.63) is 40.5 Å². The van der Waals surface area contributed by atoms with E-state index in [1.807, 2.05) is 26.8 Å². The first-order valence-corrected chi connectivity index (χ1v) is 6.76. The van der Waals surface area contributed by atoms with Crippen LogP contribution in [-0.4, -0.2) is 15.1 Å². The molecule has 0 radical (unpaired) electrons. The number of nitrogens with one attached hydrogen (secondary N) is 2. The number of H-pyrrole nitrogens is 1. The van der Waals surface area contributed by atoms with Gasteiger partial charge in [0.1, 0.15) is 6.04 Å². The number of anilines is 1. The minimum absolute atomic E-state index is 0.138. The molecule has 7 heteroatoms. The summed E-state index contributed by atoms with van der Waals surface area (Å²) in [6.45, 7) is 5.95. The van der Waals surface area contributed by atoms with E-state index in [9.17, 15) is 4.79 Å². The number of hydrogen-bond donors (Lipinski definition) is 2. The lowest BCUT2D eigenvalue weighted by Crippen LogP contribution is -2.07. The van der Waals surface area contributed by atoms with Crippen molar-refractivity contribution in [2.75, 3.05) is 5.32 Å². The molecule has 0 bridgehead atoms.